The summed E-state index contributed by atoms with van der Waals surface area (Å²) >= 11 is 0. The van der Waals surface area contributed by atoms with Crippen molar-refractivity contribution >= 4 is 23.6 Å². The highest BCUT2D eigenvalue weighted by molar-refractivity contribution is 6.42. The third kappa shape index (κ3) is 9.28. The van der Waals surface area contributed by atoms with Gasteiger partial charge in [-0.3, -0.25) is 14.7 Å². The summed E-state index contributed by atoms with van der Waals surface area (Å²) < 4.78 is 90.6. The minimum atomic E-state index is -5.08. The molecule has 0 aliphatic carbocycles. The van der Waals surface area contributed by atoms with Gasteiger partial charge in [0.1, 0.15) is 18.0 Å². The number of halogens is 6. The number of aromatic amines is 1. The highest BCUT2D eigenvalue weighted by Crippen LogP contribution is 2.38. The number of alkyl halides is 6. The average molecular weight is 633 g/mol. The van der Waals surface area contributed by atoms with Gasteiger partial charge in [-0.1, -0.05) is 40.5 Å². The van der Waals surface area contributed by atoms with Gasteiger partial charge in [0, 0.05) is 11.6 Å². The van der Waals surface area contributed by atoms with Crippen LogP contribution in [0.4, 0.5) is 37.0 Å². The van der Waals surface area contributed by atoms with Gasteiger partial charge in [0.05, 0.1) is 23.7 Å². The summed E-state index contributed by atoms with van der Waals surface area (Å²) in [5.41, 5.74) is -4.52. The van der Waals surface area contributed by atoms with Crippen LogP contribution in [-0.4, -0.2) is 50.3 Å². The molecule has 0 radical (unpaired) electrons. The van der Waals surface area contributed by atoms with E-state index in [2.05, 4.69) is 31.0 Å². The molecule has 0 bridgehead atoms. The summed E-state index contributed by atoms with van der Waals surface area (Å²) in [7, 11) is 0. The molecule has 17 heteroatoms. The van der Waals surface area contributed by atoms with Gasteiger partial charge in [-0.15, -0.1) is 10.2 Å². The van der Waals surface area contributed by atoms with Crippen molar-refractivity contribution in [2.75, 3.05) is 5.32 Å². The van der Waals surface area contributed by atoms with Crippen molar-refractivity contribution < 1.29 is 49.9 Å². The first-order chi connectivity index (χ1) is 20.4. The van der Waals surface area contributed by atoms with Crippen LogP contribution in [0.15, 0.2) is 34.9 Å². The number of ether oxygens (including phenoxy) is 1. The van der Waals surface area contributed by atoms with E-state index in [-0.39, 0.29) is 30.6 Å². The predicted molar refractivity (Wildman–Crippen MR) is 142 cm³/mol. The second-order valence-corrected chi connectivity index (χ2v) is 10.9. The lowest BCUT2D eigenvalue weighted by molar-refractivity contribution is -0.143. The van der Waals surface area contributed by atoms with E-state index >= 15 is 0 Å². The minimum absolute atomic E-state index is 0.0255. The van der Waals surface area contributed by atoms with E-state index in [9.17, 15) is 40.7 Å². The number of amides is 2. The Bertz CT molecular complexity index is 1410. The number of anilines is 1. The SMILES string of the molecule is CCCC[C@H](NC(=O)O[C@@H](Cc1nnc(-c2cc(C(F)(F)F)cc(C(F)(F)F)c2)o1)C(C)(C)C)C(=O)C(=O)Nc1ccn[nH]1. The van der Waals surface area contributed by atoms with Crippen molar-refractivity contribution in [2.45, 2.75) is 77.9 Å². The first kappa shape index (κ1) is 34.1. The summed E-state index contributed by atoms with van der Waals surface area (Å²) in [4.78, 5) is 38.1. The number of hydrogen-bond donors (Lipinski definition) is 3. The fourth-order valence-electron chi connectivity index (χ4n) is 3.86. The van der Waals surface area contributed by atoms with Crippen LogP contribution < -0.4 is 10.6 Å². The zero-order valence-corrected chi connectivity index (χ0v) is 24.0. The molecular formula is C27H30F6N6O5. The predicted octanol–water partition coefficient (Wildman–Crippen LogP) is 5.95. The normalized spacial score (nSPS) is 13.7. The first-order valence-electron chi connectivity index (χ1n) is 13.3. The van der Waals surface area contributed by atoms with Crippen molar-refractivity contribution in [1.82, 2.24) is 25.7 Å². The van der Waals surface area contributed by atoms with E-state index in [1.165, 1.54) is 12.3 Å². The van der Waals surface area contributed by atoms with Crippen molar-refractivity contribution in [1.29, 1.82) is 0 Å². The number of H-pyrrole nitrogens is 1. The number of benzene rings is 1. The summed E-state index contributed by atoms with van der Waals surface area (Å²) in [6, 6.07) is 1.07. The largest absolute Gasteiger partial charge is 0.445 e. The van der Waals surface area contributed by atoms with E-state index in [0.29, 0.717) is 25.0 Å². The van der Waals surface area contributed by atoms with Gasteiger partial charge in [-0.25, -0.2) is 4.79 Å². The lowest BCUT2D eigenvalue weighted by atomic mass is 9.87. The zero-order valence-electron chi connectivity index (χ0n) is 24.0. The molecule has 3 aromatic rings. The third-order valence-electron chi connectivity index (χ3n) is 6.30. The fraction of sp³-hybridized carbons (Fsp3) is 0.481. The monoisotopic (exact) mass is 632 g/mol. The molecule has 0 fully saturated rings. The van der Waals surface area contributed by atoms with Gasteiger partial charge in [0.15, 0.2) is 0 Å². The molecule has 11 nitrogen and oxygen atoms in total. The molecule has 3 N–H and O–H groups in total. The number of alkyl carbamates (subject to hydrolysis) is 1. The number of aromatic nitrogens is 4. The van der Waals surface area contributed by atoms with Crippen molar-refractivity contribution in [3.8, 4) is 11.5 Å². The molecule has 0 aliphatic heterocycles. The van der Waals surface area contributed by atoms with Gasteiger partial charge in [0.25, 0.3) is 5.91 Å². The van der Waals surface area contributed by atoms with E-state index in [4.69, 9.17) is 9.15 Å². The fourth-order valence-corrected chi connectivity index (χ4v) is 3.86. The topological polar surface area (TPSA) is 152 Å². The molecule has 0 spiro atoms. The molecule has 240 valence electrons. The molecule has 2 atom stereocenters. The van der Waals surface area contributed by atoms with E-state index in [0.717, 1.165) is 0 Å². The molecule has 0 saturated heterocycles. The Labute approximate surface area is 247 Å². The molecule has 2 heterocycles. The maximum absolute atomic E-state index is 13.3. The number of hydrogen-bond acceptors (Lipinski definition) is 8. The molecule has 0 unspecified atom stereocenters. The molecule has 0 aliphatic rings. The zero-order chi connectivity index (χ0) is 32.9. The van der Waals surface area contributed by atoms with Gasteiger partial charge in [0.2, 0.25) is 17.6 Å². The second kappa shape index (κ2) is 13.5. The molecular weight excluding hydrogens is 602 g/mol. The standard InChI is InChI=1S/C27H30F6N6O5/c1-5-6-7-17(21(40)22(41)36-19-8-9-34-37-19)35-24(42)43-18(25(2,3)4)13-20-38-39-23(44-20)14-10-15(26(28,29)30)12-16(11-14)27(31,32)33/h8-12,17-18H,5-7,13H2,1-4H3,(H,35,42)(H2,34,36,37,41)/t17-,18-/m0/s1. The first-order valence-corrected chi connectivity index (χ1v) is 13.3. The Morgan fingerprint density at radius 2 is 1.64 bits per heavy atom. The van der Waals surface area contributed by atoms with Gasteiger partial charge >= 0.3 is 18.4 Å². The van der Waals surface area contributed by atoms with E-state index < -0.39 is 70.3 Å². The smallest absolute Gasteiger partial charge is 0.416 e. The van der Waals surface area contributed by atoms with Gasteiger partial charge < -0.3 is 19.8 Å². The minimum Gasteiger partial charge on any atom is -0.445 e. The Balaban J connectivity index is 1.78. The van der Waals surface area contributed by atoms with Crippen molar-refractivity contribution in [2.24, 2.45) is 5.41 Å². The summed E-state index contributed by atoms with van der Waals surface area (Å²) in [6.07, 6.45) is -9.86. The Hall–Kier alpha value is -4.44. The molecule has 3 rings (SSSR count). The third-order valence-corrected chi connectivity index (χ3v) is 6.30. The Morgan fingerprint density at radius 1 is 1.00 bits per heavy atom. The molecule has 44 heavy (non-hydrogen) atoms. The van der Waals surface area contributed by atoms with E-state index in [1.54, 1.807) is 20.8 Å². The molecule has 2 aromatic heterocycles. The van der Waals surface area contributed by atoms with Crippen LogP contribution in [0.5, 0.6) is 0 Å². The summed E-state index contributed by atoms with van der Waals surface area (Å²) in [6.45, 7) is 6.90. The average Bonchev–Trinajstić information content (AvgIpc) is 3.61. The number of rotatable bonds is 11. The van der Waals surface area contributed by atoms with Gasteiger partial charge in [-0.05, 0) is 30.0 Å². The highest BCUT2D eigenvalue weighted by Gasteiger charge is 2.38. The van der Waals surface area contributed by atoms with Crippen molar-refractivity contribution in [3.05, 3.63) is 47.5 Å². The number of unbranched alkanes of at least 4 members (excludes halogenated alkanes) is 1. The number of carbonyl (C=O) groups excluding carboxylic acids is 3. The maximum Gasteiger partial charge on any atom is 0.416 e. The second-order valence-electron chi connectivity index (χ2n) is 10.9. The van der Waals surface area contributed by atoms with E-state index in [1.807, 2.05) is 6.92 Å². The van der Waals surface area contributed by atoms with Crippen LogP contribution in [0.1, 0.15) is 64.0 Å². The van der Waals surface area contributed by atoms with Gasteiger partial charge in [-0.2, -0.15) is 31.4 Å². The van der Waals surface area contributed by atoms with Crippen molar-refractivity contribution in [3.63, 3.8) is 0 Å². The Morgan fingerprint density at radius 3 is 2.16 bits per heavy atom. The molecule has 1 aromatic carbocycles. The molecule has 0 saturated carbocycles. The van der Waals surface area contributed by atoms with Crippen LogP contribution in [0.25, 0.3) is 11.5 Å². The number of Topliss-reactive ketones (excluding diaryl/α,β-unsaturated/α-hetero) is 1. The maximum atomic E-state index is 13.3. The lowest BCUT2D eigenvalue weighted by Crippen LogP contribution is -2.47. The lowest BCUT2D eigenvalue weighted by Gasteiger charge is -2.30. The highest BCUT2D eigenvalue weighted by atomic mass is 19.4. The summed E-state index contributed by atoms with van der Waals surface area (Å²) in [5, 5.41) is 18.2. The van der Waals surface area contributed by atoms with Crippen LogP contribution >= 0.6 is 0 Å². The Kier molecular flexibility index (Phi) is 10.4. The number of nitrogens with zero attached hydrogens (tertiary/aromatic N) is 3. The van der Waals surface area contributed by atoms with Crippen LogP contribution in [-0.2, 0) is 33.1 Å². The summed E-state index contributed by atoms with van der Waals surface area (Å²) in [5.74, 6) is -2.60. The number of carbonyl (C=O) groups is 3. The molecule has 2 amide bonds. The number of ketones is 1. The number of nitrogens with one attached hydrogen (secondary N) is 3. The van der Waals surface area contributed by atoms with Crippen LogP contribution in [0, 0.1) is 5.41 Å². The quantitative estimate of drug-likeness (QED) is 0.173. The van der Waals surface area contributed by atoms with Crippen LogP contribution in [0.2, 0.25) is 0 Å². The van der Waals surface area contributed by atoms with Crippen LogP contribution in [0.3, 0.4) is 0 Å².